The molecule has 0 aliphatic carbocycles. The summed E-state index contributed by atoms with van der Waals surface area (Å²) in [6.07, 6.45) is 1.02. The summed E-state index contributed by atoms with van der Waals surface area (Å²) in [5.41, 5.74) is 0. The minimum Gasteiger partial charge on any atom is -0.486 e. The molecule has 0 radical (unpaired) electrons. The van der Waals surface area contributed by atoms with Crippen LogP contribution in [0.25, 0.3) is 0 Å². The highest BCUT2D eigenvalue weighted by atomic mass is 127. The molecule has 8 heteroatoms. The van der Waals surface area contributed by atoms with Crippen molar-refractivity contribution in [1.29, 1.82) is 0 Å². The van der Waals surface area contributed by atoms with E-state index in [9.17, 15) is 9.18 Å². The maximum atomic E-state index is 13.6. The maximum Gasteiger partial charge on any atom is 0.221 e. The van der Waals surface area contributed by atoms with Gasteiger partial charge in [0.15, 0.2) is 17.5 Å². The summed E-state index contributed by atoms with van der Waals surface area (Å²) in [5, 5.41) is 9.04. The Morgan fingerprint density at radius 2 is 1.92 bits per heavy atom. The molecule has 0 heterocycles. The van der Waals surface area contributed by atoms with Crippen molar-refractivity contribution in [3.05, 3.63) is 30.1 Å². The summed E-state index contributed by atoms with van der Waals surface area (Å²) in [4.78, 5) is 16.0. The van der Waals surface area contributed by atoms with Crippen LogP contribution >= 0.6 is 24.0 Å². The van der Waals surface area contributed by atoms with Crippen molar-refractivity contribution in [2.75, 3.05) is 26.2 Å². The molecule has 1 atom stereocenters. The van der Waals surface area contributed by atoms with Gasteiger partial charge >= 0.3 is 0 Å². The number of nitrogens with one attached hydrogen (secondary N) is 3. The molecule has 1 aromatic rings. The Kier molecular flexibility index (Phi) is 13.7. The van der Waals surface area contributed by atoms with Gasteiger partial charge < -0.3 is 20.7 Å². The number of amides is 1. The van der Waals surface area contributed by atoms with Gasteiger partial charge in [-0.15, -0.1) is 24.0 Å². The molecule has 0 bridgehead atoms. The van der Waals surface area contributed by atoms with E-state index in [1.807, 2.05) is 20.8 Å². The summed E-state index contributed by atoms with van der Waals surface area (Å²) < 4.78 is 19.1. The third-order valence-corrected chi connectivity index (χ3v) is 3.23. The number of aliphatic imine (C=N–C) groups is 1. The number of halogens is 2. The molecule has 0 aromatic heterocycles. The molecule has 3 N–H and O–H groups in total. The summed E-state index contributed by atoms with van der Waals surface area (Å²) in [6, 6.07) is 6.30. The zero-order chi connectivity index (χ0) is 18.5. The van der Waals surface area contributed by atoms with Crippen LogP contribution in [-0.4, -0.2) is 44.1 Å². The standard InChI is InChI=1S/C18H29FN4O2.HI/c1-4-11-21-17(24)10-12-22-18(20-5-2)23-13-14(3)25-16-9-7-6-8-15(16)19;/h6-9,14H,4-5,10-13H2,1-3H3,(H,21,24)(H2,20,22,23);1H. The second-order valence-electron chi connectivity index (χ2n) is 5.61. The number of ether oxygens (including phenoxy) is 1. The SMILES string of the molecule is CCCNC(=O)CCNC(=NCC(C)Oc1ccccc1F)NCC.I. The summed E-state index contributed by atoms with van der Waals surface area (Å²) in [5.74, 6) is 0.452. The molecule has 0 aliphatic heterocycles. The molecule has 148 valence electrons. The van der Waals surface area contributed by atoms with Crippen molar-refractivity contribution in [3.63, 3.8) is 0 Å². The van der Waals surface area contributed by atoms with Gasteiger partial charge in [-0.05, 0) is 32.4 Å². The molecule has 0 fully saturated rings. The molecule has 1 unspecified atom stereocenters. The number of hydrogen-bond donors (Lipinski definition) is 3. The van der Waals surface area contributed by atoms with Gasteiger partial charge in [0.2, 0.25) is 5.91 Å². The van der Waals surface area contributed by atoms with E-state index in [4.69, 9.17) is 4.74 Å². The normalized spacial score (nSPS) is 11.9. The minimum absolute atomic E-state index is 0. The van der Waals surface area contributed by atoms with E-state index >= 15 is 0 Å². The first-order valence-corrected chi connectivity index (χ1v) is 8.76. The second-order valence-corrected chi connectivity index (χ2v) is 5.61. The highest BCUT2D eigenvalue weighted by molar-refractivity contribution is 14.0. The number of hydrogen-bond acceptors (Lipinski definition) is 3. The molecule has 0 saturated carbocycles. The van der Waals surface area contributed by atoms with Crippen LogP contribution in [-0.2, 0) is 4.79 Å². The fraction of sp³-hybridized carbons (Fsp3) is 0.556. The second kappa shape index (κ2) is 14.6. The lowest BCUT2D eigenvalue weighted by molar-refractivity contribution is -0.120. The minimum atomic E-state index is -0.388. The topological polar surface area (TPSA) is 74.8 Å². The number of guanidine groups is 1. The average Bonchev–Trinajstić information content (AvgIpc) is 2.60. The highest BCUT2D eigenvalue weighted by Crippen LogP contribution is 2.16. The number of para-hydroxylation sites is 1. The van der Waals surface area contributed by atoms with Crippen LogP contribution in [0.4, 0.5) is 4.39 Å². The first kappa shape index (κ1) is 24.4. The third-order valence-electron chi connectivity index (χ3n) is 3.23. The van der Waals surface area contributed by atoms with Gasteiger partial charge in [0, 0.05) is 26.1 Å². The Morgan fingerprint density at radius 1 is 1.19 bits per heavy atom. The molecule has 0 spiro atoms. The Morgan fingerprint density at radius 3 is 2.58 bits per heavy atom. The van der Waals surface area contributed by atoms with Gasteiger partial charge in [0.05, 0.1) is 6.54 Å². The fourth-order valence-corrected chi connectivity index (χ4v) is 2.00. The number of carbonyl (C=O) groups is 1. The van der Waals surface area contributed by atoms with Crippen LogP contribution in [0.15, 0.2) is 29.3 Å². The zero-order valence-electron chi connectivity index (χ0n) is 15.7. The number of nitrogens with zero attached hydrogens (tertiary/aromatic N) is 1. The van der Waals surface area contributed by atoms with Gasteiger partial charge in [-0.1, -0.05) is 19.1 Å². The van der Waals surface area contributed by atoms with Crippen LogP contribution in [0.1, 0.15) is 33.6 Å². The van der Waals surface area contributed by atoms with Crippen LogP contribution < -0.4 is 20.7 Å². The van der Waals surface area contributed by atoms with Crippen LogP contribution in [0.2, 0.25) is 0 Å². The molecular weight excluding hydrogens is 450 g/mol. The Labute approximate surface area is 172 Å². The van der Waals surface area contributed by atoms with Crippen LogP contribution in [0, 0.1) is 5.82 Å². The van der Waals surface area contributed by atoms with Gasteiger partial charge in [0.1, 0.15) is 6.10 Å². The molecule has 0 aliphatic rings. The lowest BCUT2D eigenvalue weighted by Crippen LogP contribution is -2.40. The molecule has 6 nitrogen and oxygen atoms in total. The van der Waals surface area contributed by atoms with Crippen molar-refractivity contribution in [1.82, 2.24) is 16.0 Å². The molecule has 0 saturated heterocycles. The Balaban J connectivity index is 0.00000625. The van der Waals surface area contributed by atoms with Gasteiger partial charge in [-0.3, -0.25) is 4.79 Å². The number of rotatable bonds is 10. The van der Waals surface area contributed by atoms with Crippen molar-refractivity contribution in [2.24, 2.45) is 4.99 Å². The Bertz CT molecular complexity index is 558. The van der Waals surface area contributed by atoms with E-state index in [1.165, 1.54) is 6.07 Å². The van der Waals surface area contributed by atoms with Gasteiger partial charge in [0.25, 0.3) is 0 Å². The van der Waals surface area contributed by atoms with E-state index in [1.54, 1.807) is 18.2 Å². The summed E-state index contributed by atoms with van der Waals surface area (Å²) >= 11 is 0. The smallest absolute Gasteiger partial charge is 0.221 e. The average molecular weight is 480 g/mol. The molecule has 1 rings (SSSR count). The maximum absolute atomic E-state index is 13.6. The monoisotopic (exact) mass is 480 g/mol. The first-order valence-electron chi connectivity index (χ1n) is 8.76. The van der Waals surface area contributed by atoms with E-state index in [-0.39, 0.29) is 47.6 Å². The van der Waals surface area contributed by atoms with E-state index in [2.05, 4.69) is 20.9 Å². The molecular formula is C18H30FIN4O2. The van der Waals surface area contributed by atoms with E-state index in [0.29, 0.717) is 38.6 Å². The van der Waals surface area contributed by atoms with Crippen LogP contribution in [0.3, 0.4) is 0 Å². The summed E-state index contributed by atoms with van der Waals surface area (Å²) in [7, 11) is 0. The van der Waals surface area contributed by atoms with Crippen molar-refractivity contribution >= 4 is 35.8 Å². The predicted molar refractivity (Wildman–Crippen MR) is 114 cm³/mol. The predicted octanol–water partition coefficient (Wildman–Crippen LogP) is 2.68. The highest BCUT2D eigenvalue weighted by Gasteiger charge is 2.08. The largest absolute Gasteiger partial charge is 0.486 e. The van der Waals surface area contributed by atoms with E-state index in [0.717, 1.165) is 6.42 Å². The van der Waals surface area contributed by atoms with Crippen LogP contribution in [0.5, 0.6) is 5.75 Å². The van der Waals surface area contributed by atoms with Crippen molar-refractivity contribution < 1.29 is 13.9 Å². The lowest BCUT2D eigenvalue weighted by atomic mass is 10.3. The molecule has 1 aromatic carbocycles. The number of carbonyl (C=O) groups excluding carboxylic acids is 1. The fourth-order valence-electron chi connectivity index (χ4n) is 2.00. The van der Waals surface area contributed by atoms with Gasteiger partial charge in [-0.25, -0.2) is 9.38 Å². The zero-order valence-corrected chi connectivity index (χ0v) is 18.0. The third kappa shape index (κ3) is 10.4. The van der Waals surface area contributed by atoms with Gasteiger partial charge in [-0.2, -0.15) is 0 Å². The summed E-state index contributed by atoms with van der Waals surface area (Å²) in [6.45, 7) is 8.06. The molecule has 26 heavy (non-hydrogen) atoms. The number of benzene rings is 1. The van der Waals surface area contributed by atoms with Crippen molar-refractivity contribution in [2.45, 2.75) is 39.7 Å². The lowest BCUT2D eigenvalue weighted by Gasteiger charge is -2.15. The first-order chi connectivity index (χ1) is 12.1. The quantitative estimate of drug-likeness (QED) is 0.274. The molecule has 1 amide bonds. The van der Waals surface area contributed by atoms with Crippen molar-refractivity contribution in [3.8, 4) is 5.75 Å². The Hall–Kier alpha value is -1.58. The van der Waals surface area contributed by atoms with E-state index < -0.39 is 0 Å².